The van der Waals surface area contributed by atoms with Gasteiger partial charge >= 0.3 is 0 Å². The minimum Gasteiger partial charge on any atom is -0.394 e. The van der Waals surface area contributed by atoms with Gasteiger partial charge in [0.25, 0.3) is 0 Å². The van der Waals surface area contributed by atoms with Crippen LogP contribution in [-0.2, 0) is 18.9 Å². The summed E-state index contributed by atoms with van der Waals surface area (Å²) in [5.41, 5.74) is -1.03. The van der Waals surface area contributed by atoms with Crippen molar-refractivity contribution in [3.63, 3.8) is 0 Å². The highest BCUT2D eigenvalue weighted by Gasteiger charge is 2.70. The van der Waals surface area contributed by atoms with Crippen LogP contribution in [0.4, 0.5) is 0 Å². The first-order valence-electron chi connectivity index (χ1n) is 21.0. The van der Waals surface area contributed by atoms with E-state index in [-0.39, 0.29) is 40.1 Å². The quantitative estimate of drug-likeness (QED) is 0.132. The fourth-order valence-electron chi connectivity index (χ4n) is 12.7. The van der Waals surface area contributed by atoms with Gasteiger partial charge in [-0.05, 0) is 99.7 Å². The average molecular weight is 801 g/mol. The maximum atomic E-state index is 12.4. The number of aliphatic hydroxyl groups is 10. The molecule has 0 aromatic rings. The first-order chi connectivity index (χ1) is 26.0. The molecule has 2 aliphatic heterocycles. The number of ether oxygens (including phenoxy) is 4. The molecule has 56 heavy (non-hydrogen) atoms. The number of aliphatic hydroxyl groups excluding tert-OH is 10. The Morgan fingerprint density at radius 1 is 0.768 bits per heavy atom. The molecule has 3 saturated carbocycles. The second-order valence-corrected chi connectivity index (χ2v) is 20.2. The molecule has 6 aliphatic rings. The number of hydrogen-bond donors (Lipinski definition) is 10. The fraction of sp³-hybridized carbons (Fsp3) is 0.952. The summed E-state index contributed by atoms with van der Waals surface area (Å²) in [7, 11) is 0. The molecular weight excluding hydrogens is 728 g/mol. The Morgan fingerprint density at radius 3 is 1.93 bits per heavy atom. The zero-order valence-electron chi connectivity index (χ0n) is 34.6. The van der Waals surface area contributed by atoms with Gasteiger partial charge in [-0.25, -0.2) is 0 Å². The molecular formula is C42H72O14. The van der Waals surface area contributed by atoms with E-state index in [0.29, 0.717) is 31.6 Å². The molecule has 0 bridgehead atoms. The number of hydrogen-bond acceptors (Lipinski definition) is 14. The van der Waals surface area contributed by atoms with E-state index >= 15 is 0 Å². The highest BCUT2D eigenvalue weighted by molar-refractivity contribution is 5.32. The largest absolute Gasteiger partial charge is 0.394 e. The zero-order valence-corrected chi connectivity index (χ0v) is 34.6. The lowest BCUT2D eigenvalue weighted by Gasteiger charge is -2.67. The van der Waals surface area contributed by atoms with Crippen molar-refractivity contribution in [3.05, 3.63) is 11.6 Å². The second kappa shape index (κ2) is 15.9. The Balaban J connectivity index is 1.14. The van der Waals surface area contributed by atoms with Crippen molar-refractivity contribution in [3.8, 4) is 0 Å². The van der Waals surface area contributed by atoms with Crippen molar-refractivity contribution >= 4 is 0 Å². The van der Waals surface area contributed by atoms with Crippen molar-refractivity contribution in [1.82, 2.24) is 0 Å². The van der Waals surface area contributed by atoms with Crippen LogP contribution in [0.1, 0.15) is 107 Å². The predicted molar refractivity (Wildman–Crippen MR) is 202 cm³/mol. The van der Waals surface area contributed by atoms with E-state index in [1.54, 1.807) is 13.8 Å². The lowest BCUT2D eigenvalue weighted by molar-refractivity contribution is -0.331. The molecule has 4 aliphatic carbocycles. The highest BCUT2D eigenvalue weighted by atomic mass is 16.7. The molecule has 0 spiro atoms. The molecule has 0 unspecified atom stereocenters. The lowest BCUT2D eigenvalue weighted by Crippen LogP contribution is -2.65. The van der Waals surface area contributed by atoms with Crippen LogP contribution in [0, 0.1) is 45.3 Å². The minimum absolute atomic E-state index is 0.0557. The Bertz CT molecular complexity index is 1400. The molecule has 0 aromatic heterocycles. The standard InChI is InChI=1S/C42H72O14/c1-20(9-13-27(45)39(4,5)56-37-35(52)33(50)31(48)25(19-44)54-37)21-15-16-40(6)26-12-10-22-23(42(26,8)28(46)17-41(21,40)7)11-14-29(38(22,2)3)55-36-34(51)32(49)30(47)24(18-43)53-36/h10,20-21,23-37,43-52H,9,11-19H2,1-8H3/t20-,21-,23-,24-,25-,26+,27-,28-,29+,30-,31-,32+,33+,34-,35-,36+,37+,40+,41-,42+/m1/s1. The molecule has 324 valence electrons. The average Bonchev–Trinajstić information content (AvgIpc) is 3.41. The van der Waals surface area contributed by atoms with Crippen molar-refractivity contribution in [2.24, 2.45) is 45.3 Å². The van der Waals surface area contributed by atoms with E-state index in [9.17, 15) is 51.1 Å². The fourth-order valence-corrected chi connectivity index (χ4v) is 12.7. The van der Waals surface area contributed by atoms with Crippen molar-refractivity contribution in [1.29, 1.82) is 0 Å². The molecule has 2 saturated heterocycles. The second-order valence-electron chi connectivity index (χ2n) is 20.2. The summed E-state index contributed by atoms with van der Waals surface area (Å²) in [5, 5.41) is 105. The lowest BCUT2D eigenvalue weighted by atomic mass is 9.38. The molecule has 20 atom stereocenters. The number of allylic oxidation sites excluding steroid dienone is 1. The van der Waals surface area contributed by atoms with Crippen LogP contribution in [0.3, 0.4) is 0 Å². The smallest absolute Gasteiger partial charge is 0.187 e. The van der Waals surface area contributed by atoms with Crippen molar-refractivity contribution in [2.45, 2.75) is 192 Å². The van der Waals surface area contributed by atoms with Gasteiger partial charge in [-0.2, -0.15) is 0 Å². The Kier molecular flexibility index (Phi) is 12.7. The zero-order chi connectivity index (χ0) is 41.5. The molecule has 10 N–H and O–H groups in total. The van der Waals surface area contributed by atoms with Crippen LogP contribution < -0.4 is 0 Å². The monoisotopic (exact) mass is 800 g/mol. The molecule has 14 nitrogen and oxygen atoms in total. The van der Waals surface area contributed by atoms with Gasteiger partial charge in [-0.1, -0.05) is 53.2 Å². The van der Waals surface area contributed by atoms with Crippen LogP contribution in [0.15, 0.2) is 11.6 Å². The van der Waals surface area contributed by atoms with Gasteiger partial charge in [0.1, 0.15) is 48.8 Å². The molecule has 2 heterocycles. The number of fused-ring (bicyclic) bond motifs is 5. The van der Waals surface area contributed by atoms with Crippen LogP contribution in [0.5, 0.6) is 0 Å². The summed E-state index contributed by atoms with van der Waals surface area (Å²) in [6.07, 6.45) is -7.25. The van der Waals surface area contributed by atoms with Crippen LogP contribution in [0.2, 0.25) is 0 Å². The molecule has 0 aromatic carbocycles. The van der Waals surface area contributed by atoms with Gasteiger partial charge in [0.2, 0.25) is 0 Å². The van der Waals surface area contributed by atoms with Gasteiger partial charge in [0.05, 0.1) is 37.1 Å². The van der Waals surface area contributed by atoms with E-state index in [2.05, 4.69) is 47.6 Å². The van der Waals surface area contributed by atoms with Gasteiger partial charge in [-0.3, -0.25) is 0 Å². The van der Waals surface area contributed by atoms with Crippen LogP contribution in [-0.4, -0.2) is 150 Å². The van der Waals surface area contributed by atoms with Crippen LogP contribution in [0.25, 0.3) is 0 Å². The van der Waals surface area contributed by atoms with Crippen LogP contribution >= 0.6 is 0 Å². The Labute approximate surface area is 331 Å². The maximum absolute atomic E-state index is 12.4. The molecule has 0 radical (unpaired) electrons. The topological polar surface area (TPSA) is 239 Å². The first kappa shape index (κ1) is 44.7. The molecule has 6 rings (SSSR count). The maximum Gasteiger partial charge on any atom is 0.187 e. The summed E-state index contributed by atoms with van der Waals surface area (Å²) in [5.74, 6) is 0.863. The van der Waals surface area contributed by atoms with E-state index in [0.717, 1.165) is 25.7 Å². The predicted octanol–water partition coefficient (Wildman–Crippen LogP) is 1.12. The summed E-state index contributed by atoms with van der Waals surface area (Å²) < 4.78 is 23.7. The Morgan fingerprint density at radius 2 is 1.34 bits per heavy atom. The third kappa shape index (κ3) is 7.06. The van der Waals surface area contributed by atoms with Crippen molar-refractivity contribution in [2.75, 3.05) is 13.2 Å². The highest BCUT2D eigenvalue weighted by Crippen LogP contribution is 2.75. The summed E-state index contributed by atoms with van der Waals surface area (Å²) >= 11 is 0. The van der Waals surface area contributed by atoms with Gasteiger partial charge in [-0.15, -0.1) is 0 Å². The SMILES string of the molecule is C[C@H](CC[C@@H](O)C(C)(C)O[C@@H]1O[C@H](CO)[C@@H](O)[C@H](O)[C@H]1O)[C@H]1CC[C@@]2(C)[C@@H]3CC=C4[C@@H](CC[C@H](O[C@@H]5O[C@H](CO)[C@@H](O)[C@H](O)[C@H]5O)C4(C)C)[C@]3(C)[C@H](O)C[C@]12C. The van der Waals surface area contributed by atoms with E-state index in [1.807, 2.05) is 0 Å². The third-order valence-corrected chi connectivity index (χ3v) is 16.7. The van der Waals surface area contributed by atoms with E-state index < -0.39 is 97.8 Å². The third-order valence-electron chi connectivity index (χ3n) is 16.7. The normalized spacial score (nSPS) is 50.3. The van der Waals surface area contributed by atoms with E-state index in [4.69, 9.17) is 18.9 Å². The molecule has 0 amide bonds. The molecule has 5 fully saturated rings. The summed E-state index contributed by atoms with van der Waals surface area (Å²) in [6, 6.07) is 0. The van der Waals surface area contributed by atoms with Gasteiger partial charge in [0.15, 0.2) is 12.6 Å². The molecule has 14 heteroatoms. The Hall–Kier alpha value is -0.820. The van der Waals surface area contributed by atoms with E-state index in [1.165, 1.54) is 5.57 Å². The number of rotatable bonds is 11. The summed E-state index contributed by atoms with van der Waals surface area (Å²) in [4.78, 5) is 0. The minimum atomic E-state index is -1.57. The van der Waals surface area contributed by atoms with Crippen molar-refractivity contribution < 1.29 is 70.0 Å². The van der Waals surface area contributed by atoms with Gasteiger partial charge < -0.3 is 70.0 Å². The summed E-state index contributed by atoms with van der Waals surface area (Å²) in [6.45, 7) is 15.9. The first-order valence-corrected chi connectivity index (χ1v) is 21.0. The van der Waals surface area contributed by atoms with Gasteiger partial charge in [0, 0.05) is 10.8 Å².